The number of carboxylic acids is 1. The van der Waals surface area contributed by atoms with Crippen molar-refractivity contribution in [3.63, 3.8) is 0 Å². The number of aliphatic hydroxyl groups is 5. The zero-order valence-electron chi connectivity index (χ0n) is 10.2. The lowest BCUT2D eigenvalue weighted by molar-refractivity contribution is -0.287. The molecular formula is C10H16O10. The number of esters is 1. The molecule has 1 aliphatic heterocycles. The van der Waals surface area contributed by atoms with Gasteiger partial charge in [0.05, 0.1) is 6.42 Å². The second-order valence-corrected chi connectivity index (χ2v) is 4.28. The number of hydrogen-bond donors (Lipinski definition) is 6. The number of ether oxygens (including phenoxy) is 2. The molecule has 0 radical (unpaired) electrons. The maximum Gasteiger partial charge on any atom is 0.335 e. The van der Waals surface area contributed by atoms with E-state index in [4.69, 9.17) is 14.9 Å². The topological polar surface area (TPSA) is 174 Å². The lowest BCUT2D eigenvalue weighted by atomic mass is 9.99. The molecule has 0 aliphatic carbocycles. The Morgan fingerprint density at radius 1 is 1.10 bits per heavy atom. The summed E-state index contributed by atoms with van der Waals surface area (Å²) in [5, 5.41) is 54.8. The van der Waals surface area contributed by atoms with Gasteiger partial charge in [-0.25, -0.2) is 4.79 Å². The Bertz CT molecular complexity index is 358. The van der Waals surface area contributed by atoms with E-state index in [1.165, 1.54) is 0 Å². The van der Waals surface area contributed by atoms with Crippen LogP contribution in [0, 0.1) is 0 Å². The van der Waals surface area contributed by atoms with Gasteiger partial charge in [0, 0.05) is 0 Å². The van der Waals surface area contributed by atoms with Crippen molar-refractivity contribution in [3.05, 3.63) is 0 Å². The summed E-state index contributed by atoms with van der Waals surface area (Å²) >= 11 is 0. The maximum absolute atomic E-state index is 11.2. The van der Waals surface area contributed by atoms with Crippen LogP contribution in [0.4, 0.5) is 0 Å². The number of carbonyl (C=O) groups excluding carboxylic acids is 1. The second-order valence-electron chi connectivity index (χ2n) is 4.28. The summed E-state index contributed by atoms with van der Waals surface area (Å²) in [4.78, 5) is 21.5. The van der Waals surface area contributed by atoms with Crippen LogP contribution in [0.3, 0.4) is 0 Å². The van der Waals surface area contributed by atoms with E-state index in [9.17, 15) is 30.0 Å². The van der Waals surface area contributed by atoms with Crippen molar-refractivity contribution in [2.75, 3.05) is 6.61 Å². The van der Waals surface area contributed by atoms with Gasteiger partial charge in [0.1, 0.15) is 31.0 Å². The van der Waals surface area contributed by atoms with Crippen molar-refractivity contribution >= 4 is 11.9 Å². The fourth-order valence-corrected chi connectivity index (χ4v) is 1.58. The second kappa shape index (κ2) is 6.92. The van der Waals surface area contributed by atoms with Gasteiger partial charge in [-0.1, -0.05) is 0 Å². The van der Waals surface area contributed by atoms with Crippen LogP contribution < -0.4 is 0 Å². The van der Waals surface area contributed by atoms with Crippen LogP contribution in [-0.2, 0) is 19.1 Å². The first kappa shape index (κ1) is 16.8. The van der Waals surface area contributed by atoms with E-state index in [0.717, 1.165) is 0 Å². The van der Waals surface area contributed by atoms with Crippen molar-refractivity contribution < 1.29 is 49.7 Å². The molecule has 10 nitrogen and oxygen atoms in total. The monoisotopic (exact) mass is 296 g/mol. The van der Waals surface area contributed by atoms with Gasteiger partial charge >= 0.3 is 11.9 Å². The van der Waals surface area contributed by atoms with Crippen LogP contribution in [0.25, 0.3) is 0 Å². The molecule has 1 unspecified atom stereocenters. The summed E-state index contributed by atoms with van der Waals surface area (Å²) in [6, 6.07) is 0. The molecule has 1 saturated heterocycles. The lowest BCUT2D eigenvalue weighted by Crippen LogP contribution is -2.58. The smallest absolute Gasteiger partial charge is 0.335 e. The minimum atomic E-state index is -1.88. The first-order valence-electron chi connectivity index (χ1n) is 5.68. The molecule has 6 N–H and O–H groups in total. The van der Waals surface area contributed by atoms with Gasteiger partial charge in [-0.15, -0.1) is 0 Å². The predicted octanol–water partition coefficient (Wildman–Crippen LogP) is -3.83. The van der Waals surface area contributed by atoms with E-state index < -0.39 is 61.8 Å². The Labute approximate surface area is 112 Å². The fraction of sp³-hybridized carbons (Fsp3) is 0.800. The SMILES string of the molecule is O=C(O)CC(O)C(=O)OC[C@H]1O[C@@H](O)[C@H](O)[C@@H](O)[C@@H]1O. The van der Waals surface area contributed by atoms with Crippen LogP contribution in [0.15, 0.2) is 0 Å². The van der Waals surface area contributed by atoms with E-state index in [1.807, 2.05) is 0 Å². The van der Waals surface area contributed by atoms with Gasteiger partial charge in [0.15, 0.2) is 12.4 Å². The van der Waals surface area contributed by atoms with E-state index in [-0.39, 0.29) is 0 Å². The zero-order chi connectivity index (χ0) is 15.4. The molecule has 1 aliphatic rings. The Morgan fingerprint density at radius 2 is 1.70 bits per heavy atom. The molecule has 0 bridgehead atoms. The Hall–Kier alpha value is -1.30. The van der Waals surface area contributed by atoms with Crippen LogP contribution >= 0.6 is 0 Å². The number of aliphatic hydroxyl groups excluding tert-OH is 5. The van der Waals surface area contributed by atoms with Gasteiger partial charge in [-0.05, 0) is 0 Å². The van der Waals surface area contributed by atoms with Crippen molar-refractivity contribution in [2.45, 2.75) is 43.2 Å². The van der Waals surface area contributed by atoms with Gasteiger partial charge < -0.3 is 40.1 Å². The average molecular weight is 296 g/mol. The van der Waals surface area contributed by atoms with Gasteiger partial charge in [-0.3, -0.25) is 4.79 Å². The molecule has 10 heteroatoms. The zero-order valence-corrected chi connectivity index (χ0v) is 10.2. The summed E-state index contributed by atoms with van der Waals surface area (Å²) in [5.41, 5.74) is 0. The van der Waals surface area contributed by atoms with Crippen LogP contribution in [0.1, 0.15) is 6.42 Å². The van der Waals surface area contributed by atoms with Crippen molar-refractivity contribution in [3.8, 4) is 0 Å². The van der Waals surface area contributed by atoms with Gasteiger partial charge in [-0.2, -0.15) is 0 Å². The van der Waals surface area contributed by atoms with E-state index >= 15 is 0 Å². The largest absolute Gasteiger partial charge is 0.481 e. The third-order valence-corrected chi connectivity index (χ3v) is 2.72. The number of hydrogen-bond acceptors (Lipinski definition) is 9. The van der Waals surface area contributed by atoms with Crippen LogP contribution in [0.2, 0.25) is 0 Å². The summed E-state index contributed by atoms with van der Waals surface area (Å²) in [6.07, 6.45) is -10.9. The molecule has 0 amide bonds. The maximum atomic E-state index is 11.2. The highest BCUT2D eigenvalue weighted by atomic mass is 16.7. The van der Waals surface area contributed by atoms with Crippen molar-refractivity contribution in [1.82, 2.24) is 0 Å². The molecular weight excluding hydrogens is 280 g/mol. The molecule has 1 rings (SSSR count). The Balaban J connectivity index is 2.48. The molecule has 0 aromatic rings. The fourth-order valence-electron chi connectivity index (χ4n) is 1.58. The molecule has 0 saturated carbocycles. The van der Waals surface area contributed by atoms with Crippen LogP contribution in [-0.4, -0.2) is 86.0 Å². The Kier molecular flexibility index (Phi) is 5.80. The number of carboxylic acid groups (broad SMARTS) is 1. The first-order valence-corrected chi connectivity index (χ1v) is 5.68. The summed E-state index contributed by atoms with van der Waals surface area (Å²) < 4.78 is 9.22. The van der Waals surface area contributed by atoms with Crippen LogP contribution in [0.5, 0.6) is 0 Å². The summed E-state index contributed by atoms with van der Waals surface area (Å²) in [7, 11) is 0. The van der Waals surface area contributed by atoms with E-state index in [2.05, 4.69) is 4.74 Å². The summed E-state index contributed by atoms with van der Waals surface area (Å²) in [6.45, 7) is -0.641. The number of rotatable bonds is 5. The van der Waals surface area contributed by atoms with Gasteiger partial charge in [0.25, 0.3) is 0 Å². The molecule has 0 aromatic carbocycles. The quantitative estimate of drug-likeness (QED) is 0.276. The Morgan fingerprint density at radius 3 is 2.25 bits per heavy atom. The van der Waals surface area contributed by atoms with Crippen molar-refractivity contribution in [2.24, 2.45) is 0 Å². The third kappa shape index (κ3) is 4.10. The molecule has 6 atom stereocenters. The van der Waals surface area contributed by atoms with E-state index in [0.29, 0.717) is 0 Å². The van der Waals surface area contributed by atoms with Crippen molar-refractivity contribution in [1.29, 1.82) is 0 Å². The highest BCUT2D eigenvalue weighted by molar-refractivity contribution is 5.80. The highest BCUT2D eigenvalue weighted by Crippen LogP contribution is 2.20. The molecule has 1 heterocycles. The highest BCUT2D eigenvalue weighted by Gasteiger charge is 2.43. The molecule has 1 fully saturated rings. The number of aliphatic carboxylic acids is 1. The summed E-state index contributed by atoms with van der Waals surface area (Å²) in [5.74, 6) is -2.66. The normalized spacial score (nSPS) is 35.4. The first-order chi connectivity index (χ1) is 9.23. The van der Waals surface area contributed by atoms with E-state index in [1.54, 1.807) is 0 Å². The average Bonchev–Trinajstić information content (AvgIpc) is 2.37. The lowest BCUT2D eigenvalue weighted by Gasteiger charge is -2.37. The standard InChI is InChI=1S/C10H16O10/c11-3(1-5(12)13)9(17)19-2-4-6(14)7(15)8(16)10(18)20-4/h3-4,6-8,10-11,14-16,18H,1-2H2,(H,12,13)/t3?,4-,6-,7+,8-,10-/m1/s1. The molecule has 116 valence electrons. The van der Waals surface area contributed by atoms with Gasteiger partial charge in [0.2, 0.25) is 0 Å². The molecule has 0 aromatic heterocycles. The molecule has 20 heavy (non-hydrogen) atoms. The third-order valence-electron chi connectivity index (χ3n) is 2.72. The minimum Gasteiger partial charge on any atom is -0.481 e. The minimum absolute atomic E-state index is 0.641. The molecule has 0 spiro atoms. The number of carbonyl (C=O) groups is 2. The predicted molar refractivity (Wildman–Crippen MR) is 58.1 cm³/mol.